The number of methoxy groups -OCH3 is 1. The number of piperazine rings is 1. The quantitative estimate of drug-likeness (QED) is 0.787. The van der Waals surface area contributed by atoms with Gasteiger partial charge in [0.25, 0.3) is 0 Å². The molecule has 0 unspecified atom stereocenters. The van der Waals surface area contributed by atoms with Crippen LogP contribution in [0, 0.1) is 0 Å². The Labute approximate surface area is 99.4 Å². The second-order valence-corrected chi connectivity index (χ2v) is 4.84. The van der Waals surface area contributed by atoms with E-state index < -0.39 is 0 Å². The van der Waals surface area contributed by atoms with Crippen LogP contribution >= 0.6 is 11.3 Å². The maximum Gasteiger partial charge on any atom is 0.409 e. The van der Waals surface area contributed by atoms with E-state index in [-0.39, 0.29) is 6.09 Å². The molecule has 5 heteroatoms. The van der Waals surface area contributed by atoms with Crippen molar-refractivity contribution in [3.63, 3.8) is 0 Å². The summed E-state index contributed by atoms with van der Waals surface area (Å²) < 4.78 is 4.70. The molecular formula is C11H16N2O2S. The fraction of sp³-hybridized carbons (Fsp3) is 0.545. The average molecular weight is 240 g/mol. The van der Waals surface area contributed by atoms with E-state index in [1.165, 1.54) is 12.0 Å². The van der Waals surface area contributed by atoms with E-state index >= 15 is 0 Å². The zero-order valence-electron chi connectivity index (χ0n) is 9.39. The number of hydrogen-bond donors (Lipinski definition) is 0. The Balaban J connectivity index is 1.79. The highest BCUT2D eigenvalue weighted by Gasteiger charge is 2.21. The number of hydrogen-bond acceptors (Lipinski definition) is 4. The molecule has 1 fully saturated rings. The molecule has 4 nitrogen and oxygen atoms in total. The Morgan fingerprint density at radius 1 is 1.44 bits per heavy atom. The lowest BCUT2D eigenvalue weighted by molar-refractivity contribution is 0.0892. The molecule has 0 aromatic carbocycles. The van der Waals surface area contributed by atoms with Crippen LogP contribution in [-0.2, 0) is 11.3 Å². The van der Waals surface area contributed by atoms with Crippen molar-refractivity contribution >= 4 is 17.4 Å². The first kappa shape index (κ1) is 11.4. The van der Waals surface area contributed by atoms with Crippen molar-refractivity contribution in [3.8, 4) is 0 Å². The number of thiophene rings is 1. The summed E-state index contributed by atoms with van der Waals surface area (Å²) in [6, 6.07) is 4.22. The number of ether oxygens (including phenoxy) is 1. The van der Waals surface area contributed by atoms with E-state index in [0.29, 0.717) is 0 Å². The number of carbonyl (C=O) groups is 1. The first-order valence-corrected chi connectivity index (χ1v) is 6.25. The molecule has 2 rings (SSSR count). The van der Waals surface area contributed by atoms with Crippen LogP contribution in [0.1, 0.15) is 4.88 Å². The van der Waals surface area contributed by atoms with Crippen molar-refractivity contribution in [1.82, 2.24) is 9.80 Å². The third-order valence-electron chi connectivity index (χ3n) is 2.76. The third-order valence-corrected chi connectivity index (χ3v) is 3.63. The molecule has 0 aliphatic carbocycles. The largest absolute Gasteiger partial charge is 0.453 e. The van der Waals surface area contributed by atoms with Gasteiger partial charge in [-0.15, -0.1) is 11.3 Å². The molecule has 0 radical (unpaired) electrons. The Bertz CT molecular complexity index is 332. The molecule has 0 saturated carbocycles. The molecule has 1 saturated heterocycles. The molecule has 1 aromatic rings. The molecule has 0 N–H and O–H groups in total. The minimum atomic E-state index is -0.212. The summed E-state index contributed by atoms with van der Waals surface area (Å²) >= 11 is 1.78. The summed E-state index contributed by atoms with van der Waals surface area (Å²) in [5, 5.41) is 2.10. The molecule has 1 aromatic heterocycles. The fourth-order valence-electron chi connectivity index (χ4n) is 1.84. The summed E-state index contributed by atoms with van der Waals surface area (Å²) in [5.41, 5.74) is 0. The van der Waals surface area contributed by atoms with Gasteiger partial charge in [0.2, 0.25) is 0 Å². The van der Waals surface area contributed by atoms with E-state index in [2.05, 4.69) is 22.4 Å². The molecule has 0 spiro atoms. The fourth-order valence-corrected chi connectivity index (χ4v) is 2.59. The van der Waals surface area contributed by atoms with E-state index in [9.17, 15) is 4.79 Å². The highest BCUT2D eigenvalue weighted by atomic mass is 32.1. The van der Waals surface area contributed by atoms with E-state index in [4.69, 9.17) is 4.74 Å². The number of amides is 1. The molecule has 1 aliphatic rings. The van der Waals surface area contributed by atoms with Gasteiger partial charge in [0.1, 0.15) is 0 Å². The number of rotatable bonds is 2. The second kappa shape index (κ2) is 5.32. The lowest BCUT2D eigenvalue weighted by atomic mass is 10.3. The van der Waals surface area contributed by atoms with Gasteiger partial charge in [0, 0.05) is 37.6 Å². The zero-order chi connectivity index (χ0) is 11.4. The van der Waals surface area contributed by atoms with Crippen molar-refractivity contribution in [3.05, 3.63) is 22.4 Å². The lowest BCUT2D eigenvalue weighted by Gasteiger charge is -2.33. The minimum Gasteiger partial charge on any atom is -0.453 e. The van der Waals surface area contributed by atoms with Gasteiger partial charge in [-0.25, -0.2) is 4.79 Å². The van der Waals surface area contributed by atoms with Crippen LogP contribution in [0.15, 0.2) is 17.5 Å². The second-order valence-electron chi connectivity index (χ2n) is 3.81. The Morgan fingerprint density at radius 2 is 2.19 bits per heavy atom. The van der Waals surface area contributed by atoms with Gasteiger partial charge in [-0.2, -0.15) is 0 Å². The van der Waals surface area contributed by atoms with Crippen molar-refractivity contribution in [2.45, 2.75) is 6.54 Å². The van der Waals surface area contributed by atoms with Crippen molar-refractivity contribution in [1.29, 1.82) is 0 Å². The molecule has 88 valence electrons. The Morgan fingerprint density at radius 3 is 2.75 bits per heavy atom. The first-order chi connectivity index (χ1) is 7.79. The van der Waals surface area contributed by atoms with Gasteiger partial charge < -0.3 is 9.64 Å². The topological polar surface area (TPSA) is 32.8 Å². The molecule has 16 heavy (non-hydrogen) atoms. The SMILES string of the molecule is COC(=O)N1CCN(Cc2cccs2)CC1. The smallest absolute Gasteiger partial charge is 0.409 e. The average Bonchev–Trinajstić information content (AvgIpc) is 2.82. The normalized spacial score (nSPS) is 17.4. The highest BCUT2D eigenvalue weighted by Crippen LogP contribution is 2.13. The number of nitrogens with zero attached hydrogens (tertiary/aromatic N) is 2. The predicted octanol–water partition coefficient (Wildman–Crippen LogP) is 1.63. The number of carbonyl (C=O) groups excluding carboxylic acids is 1. The molecule has 1 aliphatic heterocycles. The van der Waals surface area contributed by atoms with Crippen molar-refractivity contribution in [2.24, 2.45) is 0 Å². The third kappa shape index (κ3) is 2.74. The molecule has 1 amide bonds. The van der Waals surface area contributed by atoms with E-state index in [0.717, 1.165) is 32.7 Å². The summed E-state index contributed by atoms with van der Waals surface area (Å²) in [6.07, 6.45) is -0.212. The van der Waals surface area contributed by atoms with Gasteiger partial charge in [0.15, 0.2) is 0 Å². The van der Waals surface area contributed by atoms with Crippen LogP contribution in [0.3, 0.4) is 0 Å². The maximum atomic E-state index is 11.3. The van der Waals surface area contributed by atoms with Crippen LogP contribution in [0.2, 0.25) is 0 Å². The predicted molar refractivity (Wildman–Crippen MR) is 63.6 cm³/mol. The van der Waals surface area contributed by atoms with Gasteiger partial charge in [-0.3, -0.25) is 4.90 Å². The van der Waals surface area contributed by atoms with Gasteiger partial charge in [-0.1, -0.05) is 6.07 Å². The molecule has 0 atom stereocenters. The molecule has 0 bridgehead atoms. The van der Waals surface area contributed by atoms with Gasteiger partial charge in [-0.05, 0) is 11.4 Å². The van der Waals surface area contributed by atoms with Crippen LogP contribution in [0.4, 0.5) is 4.79 Å². The van der Waals surface area contributed by atoms with Crippen molar-refractivity contribution in [2.75, 3.05) is 33.3 Å². The Hall–Kier alpha value is -1.07. The Kier molecular flexibility index (Phi) is 3.79. The van der Waals surface area contributed by atoms with Crippen LogP contribution < -0.4 is 0 Å². The first-order valence-electron chi connectivity index (χ1n) is 5.37. The maximum absolute atomic E-state index is 11.3. The zero-order valence-corrected chi connectivity index (χ0v) is 10.2. The van der Waals surface area contributed by atoms with Crippen molar-refractivity contribution < 1.29 is 9.53 Å². The lowest BCUT2D eigenvalue weighted by Crippen LogP contribution is -2.48. The summed E-state index contributed by atoms with van der Waals surface area (Å²) in [5.74, 6) is 0. The summed E-state index contributed by atoms with van der Waals surface area (Å²) in [7, 11) is 1.43. The van der Waals surface area contributed by atoms with E-state index in [1.807, 2.05) is 0 Å². The monoisotopic (exact) mass is 240 g/mol. The standard InChI is InChI=1S/C11H16N2O2S/c1-15-11(14)13-6-4-12(5-7-13)9-10-3-2-8-16-10/h2-3,8H,4-7,9H2,1H3. The van der Waals surface area contributed by atoms with Crippen LogP contribution in [-0.4, -0.2) is 49.2 Å². The molecule has 2 heterocycles. The van der Waals surface area contributed by atoms with Gasteiger partial charge in [0.05, 0.1) is 7.11 Å². The minimum absolute atomic E-state index is 0.212. The van der Waals surface area contributed by atoms with Gasteiger partial charge >= 0.3 is 6.09 Å². The molecular weight excluding hydrogens is 224 g/mol. The van der Waals surface area contributed by atoms with E-state index in [1.54, 1.807) is 16.2 Å². The van der Waals surface area contributed by atoms with Crippen LogP contribution in [0.5, 0.6) is 0 Å². The highest BCUT2D eigenvalue weighted by molar-refractivity contribution is 7.09. The summed E-state index contributed by atoms with van der Waals surface area (Å²) in [4.78, 5) is 16.8. The van der Waals surface area contributed by atoms with Crippen LogP contribution in [0.25, 0.3) is 0 Å². The summed E-state index contributed by atoms with van der Waals surface area (Å²) in [6.45, 7) is 4.36.